The second-order valence-electron chi connectivity index (χ2n) is 1.79. The fraction of sp³-hybridized carbons (Fsp3) is 0.200. The summed E-state index contributed by atoms with van der Waals surface area (Å²) in [4.78, 5) is 22.8. The van der Waals surface area contributed by atoms with Gasteiger partial charge < -0.3 is 0 Å². The number of carbonyl (C=O) groups is 2. The molecule has 0 aromatic carbocycles. The average Bonchev–Trinajstić information content (AvgIpc) is 2.17. The van der Waals surface area contributed by atoms with Crippen LogP contribution >= 0.6 is 39.1 Å². The summed E-state index contributed by atoms with van der Waals surface area (Å²) < 4.78 is 0. The predicted octanol–water partition coefficient (Wildman–Crippen LogP) is 1.40. The van der Waals surface area contributed by atoms with Gasteiger partial charge in [-0.15, -0.1) is 0 Å². The number of hydrogen-bond acceptors (Lipinski definition) is 2. The summed E-state index contributed by atoms with van der Waals surface area (Å²) in [5.41, 5.74) is 0.108. The molecule has 3 nitrogen and oxygen atoms in total. The first-order chi connectivity index (χ1) is 5.09. The van der Waals surface area contributed by atoms with Crippen molar-refractivity contribution >= 4 is 50.9 Å². The van der Waals surface area contributed by atoms with E-state index in [1.807, 2.05) is 0 Å². The molecule has 11 heavy (non-hydrogen) atoms. The van der Waals surface area contributed by atoms with Crippen LogP contribution in [0.5, 0.6) is 0 Å². The van der Waals surface area contributed by atoms with Crippen molar-refractivity contribution in [2.45, 2.75) is 0 Å². The van der Waals surface area contributed by atoms with E-state index in [9.17, 15) is 9.59 Å². The van der Waals surface area contributed by atoms with E-state index < -0.39 is 11.8 Å². The third kappa shape index (κ3) is 1.30. The molecule has 0 atom stereocenters. The lowest BCUT2D eigenvalue weighted by molar-refractivity contribution is -0.135. The van der Waals surface area contributed by atoms with Crippen LogP contribution in [0, 0.1) is 0 Å². The molecule has 1 heterocycles. The van der Waals surface area contributed by atoms with Gasteiger partial charge in [0.1, 0.15) is 10.1 Å². The third-order valence-electron chi connectivity index (χ3n) is 1.18. The van der Waals surface area contributed by atoms with E-state index in [4.69, 9.17) is 23.2 Å². The quantitative estimate of drug-likeness (QED) is 0.405. The van der Waals surface area contributed by atoms with E-state index >= 15 is 0 Å². The summed E-state index contributed by atoms with van der Waals surface area (Å²) in [6, 6.07) is 0. The standard InChI is InChI=1S/C5H2BrCl2NO2/c6-1-9-4(10)2(7)3(8)5(9)11/h1H2. The van der Waals surface area contributed by atoms with Gasteiger partial charge in [-0.2, -0.15) is 0 Å². The van der Waals surface area contributed by atoms with Crippen molar-refractivity contribution in [1.82, 2.24) is 4.90 Å². The highest BCUT2D eigenvalue weighted by Gasteiger charge is 2.35. The molecular formula is C5H2BrCl2NO2. The molecule has 0 aromatic heterocycles. The van der Waals surface area contributed by atoms with E-state index in [1.54, 1.807) is 0 Å². The van der Waals surface area contributed by atoms with Gasteiger partial charge in [0.05, 0.1) is 5.45 Å². The summed E-state index contributed by atoms with van der Waals surface area (Å²) in [6.07, 6.45) is 0. The molecule has 0 fully saturated rings. The zero-order chi connectivity index (χ0) is 8.59. The van der Waals surface area contributed by atoms with Crippen LogP contribution in [0.25, 0.3) is 0 Å². The Bertz CT molecular complexity index is 239. The van der Waals surface area contributed by atoms with E-state index in [-0.39, 0.29) is 15.5 Å². The molecule has 2 amide bonds. The van der Waals surface area contributed by atoms with Crippen LogP contribution in [-0.4, -0.2) is 22.2 Å². The number of amides is 2. The number of imide groups is 1. The molecule has 0 saturated carbocycles. The van der Waals surface area contributed by atoms with Crippen LogP contribution in [0.1, 0.15) is 0 Å². The topological polar surface area (TPSA) is 37.4 Å². The first-order valence-electron chi connectivity index (χ1n) is 2.57. The lowest BCUT2D eigenvalue weighted by Crippen LogP contribution is -2.29. The van der Waals surface area contributed by atoms with Crippen molar-refractivity contribution in [2.24, 2.45) is 0 Å². The zero-order valence-corrected chi connectivity index (χ0v) is 8.20. The molecule has 0 radical (unpaired) electrons. The monoisotopic (exact) mass is 257 g/mol. The highest BCUT2D eigenvalue weighted by Crippen LogP contribution is 2.26. The summed E-state index contributed by atoms with van der Waals surface area (Å²) >= 11 is 13.7. The zero-order valence-electron chi connectivity index (χ0n) is 5.10. The second-order valence-corrected chi connectivity index (χ2v) is 3.04. The molecule has 0 saturated heterocycles. The Kier molecular flexibility index (Phi) is 2.57. The van der Waals surface area contributed by atoms with Crippen LogP contribution in [0.3, 0.4) is 0 Å². The minimum Gasteiger partial charge on any atom is -0.267 e. The van der Waals surface area contributed by atoms with Gasteiger partial charge in [-0.1, -0.05) is 39.1 Å². The second kappa shape index (κ2) is 3.13. The van der Waals surface area contributed by atoms with Crippen molar-refractivity contribution in [2.75, 3.05) is 5.45 Å². The lowest BCUT2D eigenvalue weighted by Gasteiger charge is -2.07. The van der Waals surface area contributed by atoms with Crippen LogP contribution < -0.4 is 0 Å². The Hall–Kier alpha value is -0.0600. The predicted molar refractivity (Wildman–Crippen MR) is 44.4 cm³/mol. The molecule has 0 N–H and O–H groups in total. The van der Waals surface area contributed by atoms with Gasteiger partial charge in [0.15, 0.2) is 0 Å². The van der Waals surface area contributed by atoms with Crippen LogP contribution in [0.2, 0.25) is 0 Å². The Labute approximate surface area is 81.1 Å². The van der Waals surface area contributed by atoms with E-state index in [0.717, 1.165) is 4.90 Å². The van der Waals surface area contributed by atoms with Gasteiger partial charge in [0.2, 0.25) is 0 Å². The smallest absolute Gasteiger partial charge is 0.267 e. The SMILES string of the molecule is O=C1C(Cl)=C(Cl)C(=O)N1CBr. The number of nitrogens with zero attached hydrogens (tertiary/aromatic N) is 1. The third-order valence-corrected chi connectivity index (χ3v) is 2.48. The summed E-state index contributed by atoms with van der Waals surface area (Å²) in [5, 5.41) is -0.424. The summed E-state index contributed by atoms with van der Waals surface area (Å²) in [5.74, 6) is -1.11. The molecule has 0 aliphatic carbocycles. The minimum atomic E-state index is -0.557. The van der Waals surface area contributed by atoms with Gasteiger partial charge in [-0.25, -0.2) is 0 Å². The maximum atomic E-state index is 11.0. The number of halogens is 3. The van der Waals surface area contributed by atoms with Gasteiger partial charge in [-0.3, -0.25) is 14.5 Å². The maximum Gasteiger partial charge on any atom is 0.274 e. The molecule has 0 bridgehead atoms. The van der Waals surface area contributed by atoms with Crippen LogP contribution in [0.4, 0.5) is 0 Å². The van der Waals surface area contributed by atoms with E-state index in [0.29, 0.717) is 0 Å². The van der Waals surface area contributed by atoms with Crippen LogP contribution in [-0.2, 0) is 9.59 Å². The van der Waals surface area contributed by atoms with Crippen LogP contribution in [0.15, 0.2) is 10.1 Å². The van der Waals surface area contributed by atoms with Crippen molar-refractivity contribution in [1.29, 1.82) is 0 Å². The van der Waals surface area contributed by atoms with Gasteiger partial charge in [-0.05, 0) is 0 Å². The van der Waals surface area contributed by atoms with Gasteiger partial charge >= 0.3 is 0 Å². The van der Waals surface area contributed by atoms with Crippen molar-refractivity contribution in [3.05, 3.63) is 10.1 Å². The van der Waals surface area contributed by atoms with Crippen molar-refractivity contribution in [3.8, 4) is 0 Å². The minimum absolute atomic E-state index is 0.108. The molecule has 1 aliphatic heterocycles. The molecule has 1 aliphatic rings. The molecule has 0 unspecified atom stereocenters. The largest absolute Gasteiger partial charge is 0.274 e. The lowest BCUT2D eigenvalue weighted by atomic mass is 10.5. The normalized spacial score (nSPS) is 18.6. The molecule has 60 valence electrons. The Balaban J connectivity index is 3.02. The first-order valence-corrected chi connectivity index (χ1v) is 4.44. The Morgan fingerprint density at radius 2 is 1.55 bits per heavy atom. The highest BCUT2D eigenvalue weighted by atomic mass is 79.9. The number of alkyl halides is 1. The maximum absolute atomic E-state index is 11.0. The van der Waals surface area contributed by atoms with Crippen molar-refractivity contribution in [3.63, 3.8) is 0 Å². The Morgan fingerprint density at radius 3 is 1.73 bits per heavy atom. The van der Waals surface area contributed by atoms with Gasteiger partial charge in [0, 0.05) is 0 Å². The first kappa shape index (κ1) is 9.03. The summed E-state index contributed by atoms with van der Waals surface area (Å²) in [6.45, 7) is 0. The average molecular weight is 259 g/mol. The molecule has 1 rings (SSSR count). The highest BCUT2D eigenvalue weighted by molar-refractivity contribution is 9.09. The molecule has 6 heteroatoms. The van der Waals surface area contributed by atoms with E-state index in [2.05, 4.69) is 15.9 Å². The Morgan fingerprint density at radius 1 is 1.18 bits per heavy atom. The fourth-order valence-electron chi connectivity index (χ4n) is 0.626. The molecular weight excluding hydrogens is 257 g/mol. The number of hydrogen-bond donors (Lipinski definition) is 0. The fourth-order valence-corrected chi connectivity index (χ4v) is 1.45. The van der Waals surface area contributed by atoms with Crippen molar-refractivity contribution < 1.29 is 9.59 Å². The van der Waals surface area contributed by atoms with Gasteiger partial charge in [0.25, 0.3) is 11.8 Å². The van der Waals surface area contributed by atoms with E-state index in [1.165, 1.54) is 0 Å². The number of rotatable bonds is 1. The molecule has 0 aromatic rings. The summed E-state index contributed by atoms with van der Waals surface area (Å²) in [7, 11) is 0. The number of carbonyl (C=O) groups excluding carboxylic acids is 2. The molecule has 0 spiro atoms.